The summed E-state index contributed by atoms with van der Waals surface area (Å²) in [5.74, 6) is 0.504. The standard InChI is InChI=1S/C27H22ClN3O4/c1-29-23-21(26(32)30(2)27(29)33)22(17-11-7-4-8-12-17)31-15-19(16-9-5-3-6-10-16)35-25(24(23)31)18-13-14-20(28)34-18/h3-14,19,25H,15H2,1-2H3/t19-,25+/m1/s1. The van der Waals surface area contributed by atoms with Crippen molar-refractivity contribution in [1.82, 2.24) is 13.7 Å². The van der Waals surface area contributed by atoms with Gasteiger partial charge in [-0.15, -0.1) is 0 Å². The van der Waals surface area contributed by atoms with E-state index in [1.807, 2.05) is 60.7 Å². The summed E-state index contributed by atoms with van der Waals surface area (Å²) in [5.41, 5.74) is 3.09. The maximum absolute atomic E-state index is 13.6. The topological polar surface area (TPSA) is 71.3 Å². The van der Waals surface area contributed by atoms with E-state index < -0.39 is 11.8 Å². The summed E-state index contributed by atoms with van der Waals surface area (Å²) < 4.78 is 17.2. The third kappa shape index (κ3) is 3.31. The van der Waals surface area contributed by atoms with Gasteiger partial charge in [-0.2, -0.15) is 0 Å². The molecule has 1 aliphatic rings. The van der Waals surface area contributed by atoms with Crippen molar-refractivity contribution in [2.75, 3.05) is 0 Å². The number of fused-ring (bicyclic) bond motifs is 3. The van der Waals surface area contributed by atoms with E-state index in [-0.39, 0.29) is 16.9 Å². The summed E-state index contributed by atoms with van der Waals surface area (Å²) in [6, 6.07) is 23.1. The molecule has 4 heterocycles. The SMILES string of the molecule is Cn1c(=O)c2c(-c3ccccc3)n3c(c2n(C)c1=O)[C@H](c1ccc(Cl)o1)O[C@@H](c1ccccc1)C3. The number of nitrogens with zero attached hydrogens (tertiary/aromatic N) is 3. The Kier molecular flexibility index (Phi) is 5.05. The zero-order valence-electron chi connectivity index (χ0n) is 19.1. The highest BCUT2D eigenvalue weighted by Crippen LogP contribution is 2.45. The fourth-order valence-electron chi connectivity index (χ4n) is 5.05. The number of rotatable bonds is 3. The highest BCUT2D eigenvalue weighted by molar-refractivity contribution is 6.28. The van der Waals surface area contributed by atoms with Gasteiger partial charge in [0, 0.05) is 14.1 Å². The molecule has 0 spiro atoms. The molecule has 35 heavy (non-hydrogen) atoms. The third-order valence-corrected chi connectivity index (χ3v) is 6.88. The average Bonchev–Trinajstić information content (AvgIpc) is 3.48. The number of furan rings is 1. The van der Waals surface area contributed by atoms with Crippen molar-refractivity contribution in [3.63, 3.8) is 0 Å². The first-order chi connectivity index (χ1) is 17.0. The van der Waals surface area contributed by atoms with E-state index in [4.69, 9.17) is 20.8 Å². The van der Waals surface area contributed by atoms with Crippen LogP contribution in [-0.4, -0.2) is 13.7 Å². The van der Waals surface area contributed by atoms with Gasteiger partial charge >= 0.3 is 5.69 Å². The lowest BCUT2D eigenvalue weighted by molar-refractivity contribution is -0.0362. The smallest absolute Gasteiger partial charge is 0.331 e. The molecule has 2 atom stereocenters. The molecule has 0 fully saturated rings. The summed E-state index contributed by atoms with van der Waals surface area (Å²) in [4.78, 5) is 26.6. The van der Waals surface area contributed by atoms with Gasteiger partial charge < -0.3 is 13.7 Å². The highest BCUT2D eigenvalue weighted by Gasteiger charge is 2.38. The molecule has 0 unspecified atom stereocenters. The van der Waals surface area contributed by atoms with Gasteiger partial charge in [-0.05, 0) is 34.9 Å². The summed E-state index contributed by atoms with van der Waals surface area (Å²) in [6.45, 7) is 0.459. The molecular weight excluding hydrogens is 466 g/mol. The van der Waals surface area contributed by atoms with Crippen LogP contribution in [0.5, 0.6) is 0 Å². The molecule has 0 saturated carbocycles. The van der Waals surface area contributed by atoms with Crippen molar-refractivity contribution >= 4 is 22.5 Å². The first kappa shape index (κ1) is 21.7. The van der Waals surface area contributed by atoms with E-state index in [1.54, 1.807) is 19.2 Å². The highest BCUT2D eigenvalue weighted by atomic mass is 35.5. The van der Waals surface area contributed by atoms with Gasteiger partial charge in [-0.3, -0.25) is 13.9 Å². The minimum atomic E-state index is -0.681. The zero-order chi connectivity index (χ0) is 24.3. The van der Waals surface area contributed by atoms with Crippen molar-refractivity contribution in [2.45, 2.75) is 18.8 Å². The Morgan fingerprint density at radius 1 is 0.886 bits per heavy atom. The largest absolute Gasteiger partial charge is 0.446 e. The van der Waals surface area contributed by atoms with Crippen LogP contribution in [0.2, 0.25) is 5.22 Å². The maximum Gasteiger partial charge on any atom is 0.331 e. The third-order valence-electron chi connectivity index (χ3n) is 6.67. The minimum absolute atomic E-state index is 0.237. The van der Waals surface area contributed by atoms with Crippen molar-refractivity contribution in [2.24, 2.45) is 14.1 Å². The monoisotopic (exact) mass is 487 g/mol. The molecule has 2 aromatic carbocycles. The molecule has 8 heteroatoms. The Balaban J connectivity index is 1.75. The average molecular weight is 488 g/mol. The molecule has 0 N–H and O–H groups in total. The predicted molar refractivity (Wildman–Crippen MR) is 134 cm³/mol. The number of hydrogen-bond donors (Lipinski definition) is 0. The van der Waals surface area contributed by atoms with Crippen molar-refractivity contribution in [3.8, 4) is 11.3 Å². The maximum atomic E-state index is 13.6. The van der Waals surface area contributed by atoms with Gasteiger partial charge in [0.25, 0.3) is 5.56 Å². The van der Waals surface area contributed by atoms with E-state index in [0.717, 1.165) is 21.4 Å². The Hall–Kier alpha value is -3.81. The lowest BCUT2D eigenvalue weighted by atomic mass is 10.0. The first-order valence-electron chi connectivity index (χ1n) is 11.3. The molecular formula is C27H22ClN3O4. The Bertz CT molecular complexity index is 1680. The number of halogens is 1. The van der Waals surface area contributed by atoms with Crippen molar-refractivity contribution in [3.05, 3.63) is 116 Å². The Labute approximate surface area is 205 Å². The molecule has 0 bridgehead atoms. The molecule has 6 rings (SSSR count). The van der Waals surface area contributed by atoms with Crippen LogP contribution in [0.1, 0.15) is 29.2 Å². The van der Waals surface area contributed by atoms with Crippen LogP contribution in [-0.2, 0) is 25.4 Å². The quantitative estimate of drug-likeness (QED) is 0.366. The Morgan fingerprint density at radius 2 is 1.57 bits per heavy atom. The van der Waals surface area contributed by atoms with E-state index in [2.05, 4.69) is 4.57 Å². The number of aromatic nitrogens is 3. The number of ether oxygens (including phenoxy) is 1. The van der Waals surface area contributed by atoms with Gasteiger partial charge in [-0.25, -0.2) is 4.79 Å². The fourth-order valence-corrected chi connectivity index (χ4v) is 5.20. The van der Waals surface area contributed by atoms with Gasteiger partial charge in [0.15, 0.2) is 11.3 Å². The molecule has 5 aromatic rings. The second-order valence-electron chi connectivity index (χ2n) is 8.70. The first-order valence-corrected chi connectivity index (χ1v) is 11.7. The van der Waals surface area contributed by atoms with Gasteiger partial charge in [-0.1, -0.05) is 60.7 Å². The van der Waals surface area contributed by atoms with E-state index in [0.29, 0.717) is 28.9 Å². The van der Waals surface area contributed by atoms with Crippen molar-refractivity contribution in [1.29, 1.82) is 0 Å². The number of hydrogen-bond acceptors (Lipinski definition) is 4. The van der Waals surface area contributed by atoms with Crippen LogP contribution < -0.4 is 11.2 Å². The van der Waals surface area contributed by atoms with Crippen LogP contribution in [0.15, 0.2) is 86.8 Å². The fraction of sp³-hybridized carbons (Fsp3) is 0.185. The van der Waals surface area contributed by atoms with Crippen molar-refractivity contribution < 1.29 is 9.15 Å². The lowest BCUT2D eigenvalue weighted by Crippen LogP contribution is -2.37. The molecule has 0 radical (unpaired) electrons. The molecule has 176 valence electrons. The molecule has 0 saturated heterocycles. The zero-order valence-corrected chi connectivity index (χ0v) is 19.9. The second-order valence-corrected chi connectivity index (χ2v) is 9.07. The van der Waals surface area contributed by atoms with Gasteiger partial charge in [0.1, 0.15) is 11.9 Å². The van der Waals surface area contributed by atoms with Crippen LogP contribution in [0.4, 0.5) is 0 Å². The van der Waals surface area contributed by atoms with E-state index in [1.165, 1.54) is 11.6 Å². The molecule has 7 nitrogen and oxygen atoms in total. The summed E-state index contributed by atoms with van der Waals surface area (Å²) in [5, 5.41) is 0.705. The van der Waals surface area contributed by atoms with Crippen LogP contribution in [0, 0.1) is 0 Å². The predicted octanol–water partition coefficient (Wildman–Crippen LogP) is 4.81. The number of benzene rings is 2. The minimum Gasteiger partial charge on any atom is -0.446 e. The second kappa shape index (κ2) is 8.15. The van der Waals surface area contributed by atoms with Crippen LogP contribution in [0.3, 0.4) is 0 Å². The van der Waals surface area contributed by atoms with Crippen LogP contribution >= 0.6 is 11.6 Å². The summed E-state index contributed by atoms with van der Waals surface area (Å²) in [6.07, 6.45) is -0.998. The number of aryl methyl sites for hydroxylation is 1. The normalized spacial score (nSPS) is 17.6. The molecule has 3 aromatic heterocycles. The Morgan fingerprint density at radius 3 is 2.23 bits per heavy atom. The lowest BCUT2D eigenvalue weighted by Gasteiger charge is -2.32. The van der Waals surface area contributed by atoms with E-state index in [9.17, 15) is 9.59 Å². The summed E-state index contributed by atoms with van der Waals surface area (Å²) >= 11 is 6.14. The van der Waals surface area contributed by atoms with Gasteiger partial charge in [0.05, 0.1) is 28.8 Å². The molecule has 1 aliphatic heterocycles. The van der Waals surface area contributed by atoms with Gasteiger partial charge in [0.2, 0.25) is 0 Å². The van der Waals surface area contributed by atoms with E-state index >= 15 is 0 Å². The summed E-state index contributed by atoms with van der Waals surface area (Å²) in [7, 11) is 3.18. The van der Waals surface area contributed by atoms with Crippen LogP contribution in [0.25, 0.3) is 22.2 Å². The molecule has 0 aliphatic carbocycles. The molecule has 0 amide bonds.